The van der Waals surface area contributed by atoms with Crippen LogP contribution >= 0.6 is 11.6 Å². The number of benzene rings is 3. The molecule has 178 valence electrons. The smallest absolute Gasteiger partial charge is 0.266 e. The SMILES string of the molecule is CCOc1ccc(N2C(=O)c3ccc(C(=O)Nc4ccc(C(=O)N(C)C)c(Cl)c4)cc3C2=O)cc1. The van der Waals surface area contributed by atoms with E-state index in [0.29, 0.717) is 29.3 Å². The first kappa shape index (κ1) is 24.0. The molecule has 4 amide bonds. The lowest BCUT2D eigenvalue weighted by molar-refractivity contribution is 0.0826. The number of amides is 4. The Hall–Kier alpha value is -4.17. The van der Waals surface area contributed by atoms with Gasteiger partial charge < -0.3 is 15.0 Å². The Bertz CT molecular complexity index is 1350. The van der Waals surface area contributed by atoms with Crippen molar-refractivity contribution in [3.8, 4) is 5.75 Å². The molecule has 0 atom stereocenters. The Kier molecular flexibility index (Phi) is 6.57. The fraction of sp³-hybridized carbons (Fsp3) is 0.154. The van der Waals surface area contributed by atoms with E-state index in [-0.39, 0.29) is 27.6 Å². The number of rotatable bonds is 6. The van der Waals surface area contributed by atoms with Crippen molar-refractivity contribution in [3.63, 3.8) is 0 Å². The first-order chi connectivity index (χ1) is 16.7. The van der Waals surface area contributed by atoms with Gasteiger partial charge in [0.1, 0.15) is 5.75 Å². The average molecular weight is 492 g/mol. The second kappa shape index (κ2) is 9.60. The lowest BCUT2D eigenvalue weighted by Gasteiger charge is -2.14. The molecule has 8 nitrogen and oxygen atoms in total. The summed E-state index contributed by atoms with van der Waals surface area (Å²) in [5.74, 6) is -1.10. The maximum Gasteiger partial charge on any atom is 0.266 e. The maximum absolute atomic E-state index is 13.0. The molecule has 0 saturated heterocycles. The molecule has 0 radical (unpaired) electrons. The number of nitrogens with zero attached hydrogens (tertiary/aromatic N) is 2. The third kappa shape index (κ3) is 4.61. The van der Waals surface area contributed by atoms with E-state index in [2.05, 4.69) is 5.32 Å². The van der Waals surface area contributed by atoms with Crippen LogP contribution in [0.1, 0.15) is 48.4 Å². The van der Waals surface area contributed by atoms with E-state index in [1.807, 2.05) is 6.92 Å². The van der Waals surface area contributed by atoms with E-state index in [1.54, 1.807) is 44.4 Å². The summed E-state index contributed by atoms with van der Waals surface area (Å²) in [4.78, 5) is 53.4. The number of imide groups is 1. The Morgan fingerprint density at radius 3 is 2.26 bits per heavy atom. The number of ether oxygens (including phenoxy) is 1. The van der Waals surface area contributed by atoms with Gasteiger partial charge in [-0.05, 0) is 67.6 Å². The van der Waals surface area contributed by atoms with Gasteiger partial charge in [0.2, 0.25) is 0 Å². The van der Waals surface area contributed by atoms with Crippen LogP contribution in [-0.2, 0) is 0 Å². The molecule has 1 heterocycles. The molecular formula is C26H22ClN3O5. The molecule has 4 rings (SSSR count). The van der Waals surface area contributed by atoms with Crippen molar-refractivity contribution >= 4 is 46.6 Å². The van der Waals surface area contributed by atoms with Crippen LogP contribution in [0.15, 0.2) is 60.7 Å². The second-order valence-electron chi connectivity index (χ2n) is 7.98. The van der Waals surface area contributed by atoms with Crippen LogP contribution in [-0.4, -0.2) is 49.2 Å². The van der Waals surface area contributed by atoms with Crippen molar-refractivity contribution in [3.05, 3.63) is 87.9 Å². The predicted molar refractivity (Wildman–Crippen MR) is 133 cm³/mol. The summed E-state index contributed by atoms with van der Waals surface area (Å²) in [7, 11) is 3.23. The van der Waals surface area contributed by atoms with Crippen molar-refractivity contribution in [2.24, 2.45) is 0 Å². The van der Waals surface area contributed by atoms with Crippen LogP contribution < -0.4 is 15.0 Å². The Morgan fingerprint density at radius 1 is 0.943 bits per heavy atom. The molecule has 0 spiro atoms. The number of fused-ring (bicyclic) bond motifs is 1. The zero-order chi connectivity index (χ0) is 25.3. The third-order valence-corrected chi connectivity index (χ3v) is 5.73. The summed E-state index contributed by atoms with van der Waals surface area (Å²) >= 11 is 6.22. The molecule has 9 heteroatoms. The Labute approximate surface area is 207 Å². The molecule has 1 aliphatic heterocycles. The molecule has 3 aromatic carbocycles. The van der Waals surface area contributed by atoms with Gasteiger partial charge in [-0.2, -0.15) is 0 Å². The number of hydrogen-bond donors (Lipinski definition) is 1. The molecule has 1 N–H and O–H groups in total. The lowest BCUT2D eigenvalue weighted by Crippen LogP contribution is -2.29. The summed E-state index contributed by atoms with van der Waals surface area (Å²) in [6, 6.07) is 15.5. The molecule has 0 aliphatic carbocycles. The summed E-state index contributed by atoms with van der Waals surface area (Å²) < 4.78 is 5.41. The zero-order valence-corrected chi connectivity index (χ0v) is 20.1. The zero-order valence-electron chi connectivity index (χ0n) is 19.3. The Morgan fingerprint density at radius 2 is 1.63 bits per heavy atom. The van der Waals surface area contributed by atoms with Crippen molar-refractivity contribution in [2.45, 2.75) is 6.92 Å². The van der Waals surface area contributed by atoms with Gasteiger partial charge in [-0.3, -0.25) is 19.2 Å². The minimum absolute atomic E-state index is 0.140. The monoisotopic (exact) mass is 491 g/mol. The van der Waals surface area contributed by atoms with Crippen LogP contribution in [0.3, 0.4) is 0 Å². The molecule has 1 aliphatic rings. The number of anilines is 2. The molecular weight excluding hydrogens is 470 g/mol. The summed E-state index contributed by atoms with van der Waals surface area (Å²) in [6.45, 7) is 2.36. The van der Waals surface area contributed by atoms with E-state index in [9.17, 15) is 19.2 Å². The van der Waals surface area contributed by atoms with Gasteiger partial charge in [-0.15, -0.1) is 0 Å². The van der Waals surface area contributed by atoms with Gasteiger partial charge in [-0.25, -0.2) is 4.90 Å². The van der Waals surface area contributed by atoms with E-state index in [1.165, 1.54) is 35.2 Å². The minimum Gasteiger partial charge on any atom is -0.494 e. The van der Waals surface area contributed by atoms with Crippen molar-refractivity contribution in [2.75, 3.05) is 30.9 Å². The number of nitrogens with one attached hydrogen (secondary N) is 1. The van der Waals surface area contributed by atoms with Gasteiger partial charge in [0.15, 0.2) is 0 Å². The fourth-order valence-electron chi connectivity index (χ4n) is 3.69. The normalized spacial score (nSPS) is 12.4. The molecule has 3 aromatic rings. The third-order valence-electron chi connectivity index (χ3n) is 5.42. The summed E-state index contributed by atoms with van der Waals surface area (Å²) in [5, 5.41) is 2.90. The standard InChI is InChI=1S/C26H22ClN3O5/c1-4-35-18-9-7-17(8-10-18)30-25(33)19-11-5-15(13-21(19)26(30)34)23(31)28-16-6-12-20(22(27)14-16)24(32)29(2)3/h5-14H,4H2,1-3H3,(H,28,31). The van der Waals surface area contributed by atoms with Gasteiger partial charge in [0, 0.05) is 25.3 Å². The quantitative estimate of drug-likeness (QED) is 0.512. The molecule has 0 fully saturated rings. The van der Waals surface area contributed by atoms with E-state index in [0.717, 1.165) is 4.90 Å². The van der Waals surface area contributed by atoms with Gasteiger partial charge in [0.25, 0.3) is 23.6 Å². The van der Waals surface area contributed by atoms with Gasteiger partial charge >= 0.3 is 0 Å². The number of carbonyl (C=O) groups is 4. The topological polar surface area (TPSA) is 96.0 Å². The maximum atomic E-state index is 13.0. The molecule has 0 aromatic heterocycles. The number of carbonyl (C=O) groups excluding carboxylic acids is 4. The second-order valence-corrected chi connectivity index (χ2v) is 8.39. The van der Waals surface area contributed by atoms with Crippen LogP contribution in [0, 0.1) is 0 Å². The van der Waals surface area contributed by atoms with E-state index < -0.39 is 17.7 Å². The van der Waals surface area contributed by atoms with Crippen molar-refractivity contribution < 1.29 is 23.9 Å². The Balaban J connectivity index is 1.54. The first-order valence-electron chi connectivity index (χ1n) is 10.8. The summed E-state index contributed by atoms with van der Waals surface area (Å²) in [5.41, 5.74) is 1.66. The van der Waals surface area contributed by atoms with Gasteiger partial charge in [0.05, 0.1) is 34.0 Å². The van der Waals surface area contributed by atoms with Crippen LogP contribution in [0.4, 0.5) is 11.4 Å². The molecule has 0 saturated carbocycles. The minimum atomic E-state index is -0.515. The highest BCUT2D eigenvalue weighted by Crippen LogP contribution is 2.30. The van der Waals surface area contributed by atoms with Crippen LogP contribution in [0.2, 0.25) is 5.02 Å². The summed E-state index contributed by atoms with van der Waals surface area (Å²) in [6.07, 6.45) is 0. The van der Waals surface area contributed by atoms with E-state index >= 15 is 0 Å². The number of hydrogen-bond acceptors (Lipinski definition) is 5. The van der Waals surface area contributed by atoms with E-state index in [4.69, 9.17) is 16.3 Å². The largest absolute Gasteiger partial charge is 0.494 e. The van der Waals surface area contributed by atoms with Crippen LogP contribution in [0.5, 0.6) is 5.75 Å². The highest BCUT2D eigenvalue weighted by Gasteiger charge is 2.37. The fourth-order valence-corrected chi connectivity index (χ4v) is 3.95. The first-order valence-corrected chi connectivity index (χ1v) is 11.2. The molecule has 0 unspecified atom stereocenters. The van der Waals surface area contributed by atoms with Crippen molar-refractivity contribution in [1.82, 2.24) is 4.90 Å². The highest BCUT2D eigenvalue weighted by atomic mass is 35.5. The number of halogens is 1. The predicted octanol–water partition coefficient (Wildman–Crippen LogP) is 4.49. The molecule has 35 heavy (non-hydrogen) atoms. The lowest BCUT2D eigenvalue weighted by atomic mass is 10.1. The highest BCUT2D eigenvalue weighted by molar-refractivity contribution is 6.35. The average Bonchev–Trinajstić information content (AvgIpc) is 3.09. The van der Waals surface area contributed by atoms with Crippen molar-refractivity contribution in [1.29, 1.82) is 0 Å². The van der Waals surface area contributed by atoms with Gasteiger partial charge in [-0.1, -0.05) is 11.6 Å². The van der Waals surface area contributed by atoms with Crippen LogP contribution in [0.25, 0.3) is 0 Å². The molecule has 0 bridgehead atoms.